The summed E-state index contributed by atoms with van der Waals surface area (Å²) in [4.78, 5) is 24.5. The van der Waals surface area contributed by atoms with Crippen molar-refractivity contribution < 1.29 is 24.2 Å². The third kappa shape index (κ3) is 55.4. The quantitative estimate of drug-likeness (QED) is 0.0374. The molecule has 0 aliphatic heterocycles. The van der Waals surface area contributed by atoms with Gasteiger partial charge in [0.15, 0.2) is 6.10 Å². The Morgan fingerprint density at radius 3 is 0.956 bits per heavy atom. The maximum Gasteiger partial charge on any atom is 0.306 e. The standard InChI is InChI=1S/C63H108O5/c1-3-5-7-9-11-13-15-17-19-21-23-25-27-29-30-31-32-34-35-37-39-41-43-45-47-49-51-53-55-57-62(65)67-60-61(59-64)68-63(66)58-56-54-52-50-48-46-44-42-40-38-36-33-28-26-24-22-20-18-16-14-12-10-8-6-4-2/h6,8,12,14-15,17-18,20-21,23-24,26-27,29,33,36,61,64H,3-5,7,9-11,13,16,19,22,25,28,30-32,34-35,37-60H2,1-2H3/b8-6-,14-12-,17-15-,20-18-,23-21-,26-24-,29-27-,36-33-. The van der Waals surface area contributed by atoms with Gasteiger partial charge in [0.2, 0.25) is 0 Å². The highest BCUT2D eigenvalue weighted by atomic mass is 16.6. The molecule has 0 rings (SSSR count). The predicted octanol–water partition coefficient (Wildman–Crippen LogP) is 19.5. The maximum absolute atomic E-state index is 12.3. The molecule has 0 aromatic heterocycles. The molecule has 0 saturated carbocycles. The molecule has 68 heavy (non-hydrogen) atoms. The molecule has 390 valence electrons. The number of unbranched alkanes of at least 4 members (excludes halogenated alkanes) is 28. The average Bonchev–Trinajstić information content (AvgIpc) is 3.34. The first-order valence-corrected chi connectivity index (χ1v) is 28.8. The highest BCUT2D eigenvalue weighted by Crippen LogP contribution is 2.16. The van der Waals surface area contributed by atoms with E-state index >= 15 is 0 Å². The SMILES string of the molecule is CC/C=C\C/C=C\C/C=C\C/C=C\C/C=C\CCCCCCCCCCCC(=O)OC(CO)COC(=O)CCCCCCCCCCCCCCCC/C=C\C/C=C\C/C=C\CCCCCCC. The number of carbonyl (C=O) groups is 2. The molecular formula is C63H108O5. The predicted molar refractivity (Wildman–Crippen MR) is 297 cm³/mol. The maximum atomic E-state index is 12.3. The average molecular weight is 946 g/mol. The summed E-state index contributed by atoms with van der Waals surface area (Å²) in [5.41, 5.74) is 0. The van der Waals surface area contributed by atoms with Gasteiger partial charge in [0.25, 0.3) is 0 Å². The minimum Gasteiger partial charge on any atom is -0.462 e. The Kier molecular flexibility index (Phi) is 55.4. The number of rotatable bonds is 52. The molecule has 1 N–H and O–H groups in total. The van der Waals surface area contributed by atoms with Gasteiger partial charge in [-0.25, -0.2) is 0 Å². The topological polar surface area (TPSA) is 72.8 Å². The van der Waals surface area contributed by atoms with Gasteiger partial charge in [-0.3, -0.25) is 9.59 Å². The Morgan fingerprint density at radius 2 is 0.632 bits per heavy atom. The first kappa shape index (κ1) is 64.8. The molecule has 0 aromatic carbocycles. The van der Waals surface area contributed by atoms with Gasteiger partial charge >= 0.3 is 11.9 Å². The Hall–Kier alpha value is -3.18. The van der Waals surface area contributed by atoms with Crippen LogP contribution in [0, 0.1) is 0 Å². The number of hydrogen-bond acceptors (Lipinski definition) is 5. The zero-order valence-electron chi connectivity index (χ0n) is 44.6. The van der Waals surface area contributed by atoms with Crippen molar-refractivity contribution in [2.75, 3.05) is 13.2 Å². The van der Waals surface area contributed by atoms with Gasteiger partial charge in [-0.05, 0) is 96.3 Å². The van der Waals surface area contributed by atoms with E-state index in [4.69, 9.17) is 9.47 Å². The Morgan fingerprint density at radius 1 is 0.353 bits per heavy atom. The van der Waals surface area contributed by atoms with E-state index in [2.05, 4.69) is 111 Å². The van der Waals surface area contributed by atoms with Gasteiger partial charge in [-0.2, -0.15) is 0 Å². The largest absolute Gasteiger partial charge is 0.462 e. The summed E-state index contributed by atoms with van der Waals surface area (Å²) >= 11 is 0. The summed E-state index contributed by atoms with van der Waals surface area (Å²) in [6.45, 7) is 4.03. The van der Waals surface area contributed by atoms with Crippen molar-refractivity contribution in [1.82, 2.24) is 0 Å². The van der Waals surface area contributed by atoms with Crippen molar-refractivity contribution in [2.45, 2.75) is 277 Å². The van der Waals surface area contributed by atoms with E-state index < -0.39 is 6.10 Å². The lowest BCUT2D eigenvalue weighted by molar-refractivity contribution is -0.161. The number of carbonyl (C=O) groups excluding carboxylic acids is 2. The normalized spacial score (nSPS) is 12.9. The molecule has 5 heteroatoms. The second-order valence-electron chi connectivity index (χ2n) is 19.0. The fourth-order valence-corrected chi connectivity index (χ4v) is 8.06. The van der Waals surface area contributed by atoms with Crippen molar-refractivity contribution in [1.29, 1.82) is 0 Å². The number of esters is 2. The molecule has 1 atom stereocenters. The molecule has 0 amide bonds. The van der Waals surface area contributed by atoms with Gasteiger partial charge in [-0.1, -0.05) is 259 Å². The van der Waals surface area contributed by atoms with Crippen LogP contribution in [0.2, 0.25) is 0 Å². The van der Waals surface area contributed by atoms with Crippen LogP contribution in [0.25, 0.3) is 0 Å². The summed E-state index contributed by atoms with van der Waals surface area (Å²) in [7, 11) is 0. The van der Waals surface area contributed by atoms with Crippen LogP contribution in [0.3, 0.4) is 0 Å². The van der Waals surface area contributed by atoms with E-state index in [0.717, 1.165) is 83.5 Å². The lowest BCUT2D eigenvalue weighted by atomic mass is 10.0. The molecule has 0 saturated heterocycles. The zero-order valence-corrected chi connectivity index (χ0v) is 44.6. The van der Waals surface area contributed by atoms with Crippen LogP contribution in [-0.4, -0.2) is 36.4 Å². The van der Waals surface area contributed by atoms with Crippen LogP contribution >= 0.6 is 0 Å². The molecule has 0 aliphatic carbocycles. The molecule has 0 spiro atoms. The minimum atomic E-state index is -0.782. The van der Waals surface area contributed by atoms with E-state index in [-0.39, 0.29) is 25.2 Å². The smallest absolute Gasteiger partial charge is 0.306 e. The van der Waals surface area contributed by atoms with Gasteiger partial charge in [0.05, 0.1) is 6.61 Å². The number of aliphatic hydroxyl groups is 1. The van der Waals surface area contributed by atoms with Crippen LogP contribution in [0.5, 0.6) is 0 Å². The highest BCUT2D eigenvalue weighted by molar-refractivity contribution is 5.70. The van der Waals surface area contributed by atoms with E-state index in [0.29, 0.717) is 12.8 Å². The molecule has 0 aromatic rings. The second-order valence-corrected chi connectivity index (χ2v) is 19.0. The van der Waals surface area contributed by atoms with E-state index in [1.54, 1.807) is 0 Å². The fourth-order valence-electron chi connectivity index (χ4n) is 8.06. The van der Waals surface area contributed by atoms with Gasteiger partial charge < -0.3 is 14.6 Å². The zero-order chi connectivity index (χ0) is 49.2. The lowest BCUT2D eigenvalue weighted by Crippen LogP contribution is -2.28. The van der Waals surface area contributed by atoms with Crippen molar-refractivity contribution >= 4 is 11.9 Å². The molecule has 0 heterocycles. The molecule has 1 unspecified atom stereocenters. The van der Waals surface area contributed by atoms with Crippen LogP contribution in [-0.2, 0) is 19.1 Å². The molecule has 5 nitrogen and oxygen atoms in total. The third-order valence-electron chi connectivity index (χ3n) is 12.4. The van der Waals surface area contributed by atoms with E-state index in [9.17, 15) is 14.7 Å². The molecule has 0 fully saturated rings. The highest BCUT2D eigenvalue weighted by Gasteiger charge is 2.16. The Labute approximate surface area is 421 Å². The second kappa shape index (κ2) is 58.1. The fraction of sp³-hybridized carbons (Fsp3) is 0.714. The summed E-state index contributed by atoms with van der Waals surface area (Å²) in [5.74, 6) is -0.596. The van der Waals surface area contributed by atoms with Gasteiger partial charge in [-0.15, -0.1) is 0 Å². The number of allylic oxidation sites excluding steroid dienone is 16. The number of hydrogen-bond donors (Lipinski definition) is 1. The Bertz CT molecular complexity index is 1300. The lowest BCUT2D eigenvalue weighted by Gasteiger charge is -2.15. The van der Waals surface area contributed by atoms with Crippen LogP contribution in [0.15, 0.2) is 97.2 Å². The molecular weight excluding hydrogens is 837 g/mol. The summed E-state index contributed by atoms with van der Waals surface area (Å²) < 4.78 is 10.7. The van der Waals surface area contributed by atoms with Crippen molar-refractivity contribution in [3.8, 4) is 0 Å². The van der Waals surface area contributed by atoms with Crippen LogP contribution < -0.4 is 0 Å². The molecule has 0 aliphatic rings. The summed E-state index contributed by atoms with van der Waals surface area (Å²) in [6, 6.07) is 0. The Balaban J connectivity index is 3.51. The number of ether oxygens (including phenoxy) is 2. The van der Waals surface area contributed by atoms with Crippen LogP contribution in [0.1, 0.15) is 271 Å². The molecule has 0 bridgehead atoms. The monoisotopic (exact) mass is 945 g/mol. The van der Waals surface area contributed by atoms with Crippen molar-refractivity contribution in [3.63, 3.8) is 0 Å². The van der Waals surface area contributed by atoms with Gasteiger partial charge in [0, 0.05) is 12.8 Å². The van der Waals surface area contributed by atoms with E-state index in [1.807, 2.05) is 0 Å². The van der Waals surface area contributed by atoms with Crippen molar-refractivity contribution in [3.05, 3.63) is 97.2 Å². The third-order valence-corrected chi connectivity index (χ3v) is 12.4. The summed E-state index contributed by atoms with van der Waals surface area (Å²) in [5, 5.41) is 9.66. The van der Waals surface area contributed by atoms with Crippen LogP contribution in [0.4, 0.5) is 0 Å². The first-order chi connectivity index (χ1) is 33.6. The van der Waals surface area contributed by atoms with Gasteiger partial charge in [0.1, 0.15) is 6.61 Å². The summed E-state index contributed by atoms with van der Waals surface area (Å²) in [6.07, 6.45) is 82.3. The van der Waals surface area contributed by atoms with Crippen molar-refractivity contribution in [2.24, 2.45) is 0 Å². The van der Waals surface area contributed by atoms with E-state index in [1.165, 1.54) is 161 Å². The molecule has 0 radical (unpaired) electrons. The minimum absolute atomic E-state index is 0.0721. The number of aliphatic hydroxyl groups excluding tert-OH is 1. The first-order valence-electron chi connectivity index (χ1n) is 28.8.